The second-order valence-corrected chi connectivity index (χ2v) is 8.08. The van der Waals surface area contributed by atoms with Crippen LogP contribution in [-0.2, 0) is 9.84 Å². The molecule has 0 radical (unpaired) electrons. The molecule has 1 aliphatic rings. The van der Waals surface area contributed by atoms with Crippen molar-refractivity contribution in [1.82, 2.24) is 10.2 Å². The maximum Gasteiger partial charge on any atom is 0.317 e. The Kier molecular flexibility index (Phi) is 4.75. The molecule has 0 aliphatic carbocycles. The zero-order valence-electron chi connectivity index (χ0n) is 13.0. The van der Waals surface area contributed by atoms with Gasteiger partial charge in [-0.3, -0.25) is 0 Å². The molecule has 122 valence electrons. The molecule has 1 fully saturated rings. The van der Waals surface area contributed by atoms with E-state index < -0.39 is 9.84 Å². The maximum atomic E-state index is 13.6. The van der Waals surface area contributed by atoms with Crippen molar-refractivity contribution in [1.29, 1.82) is 0 Å². The van der Waals surface area contributed by atoms with Gasteiger partial charge in [0.05, 0.1) is 17.5 Å². The van der Waals surface area contributed by atoms with E-state index in [9.17, 15) is 17.6 Å². The molecule has 7 heteroatoms. The quantitative estimate of drug-likeness (QED) is 0.902. The zero-order valence-corrected chi connectivity index (χ0v) is 13.8. The second-order valence-electron chi connectivity index (χ2n) is 5.78. The smallest absolute Gasteiger partial charge is 0.317 e. The normalized spacial score (nSPS) is 18.8. The lowest BCUT2D eigenvalue weighted by Gasteiger charge is -2.28. The van der Waals surface area contributed by atoms with E-state index in [0.29, 0.717) is 11.1 Å². The van der Waals surface area contributed by atoms with Crippen LogP contribution in [0.3, 0.4) is 0 Å². The number of hydrogen-bond donors (Lipinski definition) is 1. The molecule has 22 heavy (non-hydrogen) atoms. The molecule has 1 aliphatic heterocycles. The first-order chi connectivity index (χ1) is 10.2. The molecular weight excluding hydrogens is 307 g/mol. The molecule has 1 aromatic rings. The number of halogens is 1. The van der Waals surface area contributed by atoms with Crippen LogP contribution in [0.25, 0.3) is 0 Å². The molecule has 1 heterocycles. The summed E-state index contributed by atoms with van der Waals surface area (Å²) in [4.78, 5) is 13.7. The summed E-state index contributed by atoms with van der Waals surface area (Å²) < 4.78 is 36.4. The van der Waals surface area contributed by atoms with Crippen LogP contribution in [0, 0.1) is 19.7 Å². The van der Waals surface area contributed by atoms with Crippen molar-refractivity contribution < 1.29 is 17.6 Å². The topological polar surface area (TPSA) is 66.5 Å². The summed E-state index contributed by atoms with van der Waals surface area (Å²) in [6.45, 7) is 5.63. The third kappa shape index (κ3) is 3.76. The van der Waals surface area contributed by atoms with Gasteiger partial charge in [0.2, 0.25) is 0 Å². The fraction of sp³-hybridized carbons (Fsp3) is 0.533. The summed E-state index contributed by atoms with van der Waals surface area (Å²) in [6, 6.07) is 2.87. The average Bonchev–Trinajstić information content (AvgIpc) is 2.43. The van der Waals surface area contributed by atoms with Crippen molar-refractivity contribution in [3.05, 3.63) is 34.6 Å². The fourth-order valence-corrected chi connectivity index (χ4v) is 3.71. The van der Waals surface area contributed by atoms with Crippen LogP contribution in [0.4, 0.5) is 9.18 Å². The van der Waals surface area contributed by atoms with E-state index in [0.717, 1.165) is 5.56 Å². The average molecular weight is 328 g/mol. The molecule has 5 nitrogen and oxygen atoms in total. The van der Waals surface area contributed by atoms with Gasteiger partial charge < -0.3 is 10.2 Å². The summed E-state index contributed by atoms with van der Waals surface area (Å²) in [7, 11) is -3.01. The Labute approximate surface area is 130 Å². The molecular formula is C15H21FN2O3S. The van der Waals surface area contributed by atoms with Gasteiger partial charge in [0.25, 0.3) is 0 Å². The number of aryl methyl sites for hydroxylation is 2. The van der Waals surface area contributed by atoms with E-state index >= 15 is 0 Å². The number of nitrogens with zero attached hydrogens (tertiary/aromatic N) is 1. The van der Waals surface area contributed by atoms with Crippen molar-refractivity contribution in [2.45, 2.75) is 26.8 Å². The third-order valence-electron chi connectivity index (χ3n) is 3.93. The number of carbonyl (C=O) groups excluding carboxylic acids is 1. The number of carbonyl (C=O) groups is 1. The van der Waals surface area contributed by atoms with Crippen LogP contribution >= 0.6 is 0 Å². The summed E-state index contributed by atoms with van der Waals surface area (Å²) in [5.74, 6) is -0.226. The molecule has 0 spiro atoms. The summed E-state index contributed by atoms with van der Waals surface area (Å²) in [5.41, 5.74) is 1.91. The summed E-state index contributed by atoms with van der Waals surface area (Å²) in [6.07, 6.45) is 0. The molecule has 2 rings (SSSR count). The highest BCUT2D eigenvalue weighted by Gasteiger charge is 2.25. The van der Waals surface area contributed by atoms with Crippen molar-refractivity contribution in [3.63, 3.8) is 0 Å². The number of sulfone groups is 1. The molecule has 1 atom stereocenters. The second kappa shape index (κ2) is 6.24. The van der Waals surface area contributed by atoms with Gasteiger partial charge in [0, 0.05) is 13.1 Å². The van der Waals surface area contributed by atoms with Crippen molar-refractivity contribution in [2.75, 3.05) is 24.6 Å². The standard InChI is InChI=1S/C15H21FN2O3S/c1-10-8-13(9-11(2)14(10)16)12(3)17-15(19)18-4-6-22(20,21)7-5-18/h8-9,12H,4-7H2,1-3H3,(H,17,19)/t12-/m1/s1. The lowest BCUT2D eigenvalue weighted by atomic mass is 10.0. The molecule has 1 aromatic carbocycles. The minimum atomic E-state index is -3.01. The molecule has 0 aromatic heterocycles. The van der Waals surface area contributed by atoms with Crippen LogP contribution in [0.15, 0.2) is 12.1 Å². The molecule has 1 saturated heterocycles. The van der Waals surface area contributed by atoms with Crippen molar-refractivity contribution in [2.24, 2.45) is 0 Å². The van der Waals surface area contributed by atoms with Crippen LogP contribution < -0.4 is 5.32 Å². The van der Waals surface area contributed by atoms with E-state index in [1.807, 2.05) is 6.92 Å². The van der Waals surface area contributed by atoms with Gasteiger partial charge in [-0.15, -0.1) is 0 Å². The molecule has 0 saturated carbocycles. The highest BCUT2D eigenvalue weighted by molar-refractivity contribution is 7.91. The first-order valence-electron chi connectivity index (χ1n) is 7.22. The number of urea groups is 1. The third-order valence-corrected chi connectivity index (χ3v) is 5.54. The van der Waals surface area contributed by atoms with Gasteiger partial charge in [-0.1, -0.05) is 12.1 Å². The molecule has 2 amide bonds. The Morgan fingerprint density at radius 1 is 1.23 bits per heavy atom. The van der Waals surface area contributed by atoms with Crippen molar-refractivity contribution in [3.8, 4) is 0 Å². The summed E-state index contributed by atoms with van der Waals surface area (Å²) in [5, 5.41) is 2.84. The van der Waals surface area contributed by atoms with E-state index in [1.54, 1.807) is 26.0 Å². The molecule has 0 unspecified atom stereocenters. The summed E-state index contributed by atoms with van der Waals surface area (Å²) >= 11 is 0. The minimum Gasteiger partial charge on any atom is -0.331 e. The Morgan fingerprint density at radius 3 is 2.23 bits per heavy atom. The number of rotatable bonds is 2. The van der Waals surface area contributed by atoms with Gasteiger partial charge in [0.15, 0.2) is 9.84 Å². The predicted molar refractivity (Wildman–Crippen MR) is 83.0 cm³/mol. The molecule has 1 N–H and O–H groups in total. The van der Waals surface area contributed by atoms with E-state index in [1.165, 1.54) is 4.90 Å². The van der Waals surface area contributed by atoms with Gasteiger partial charge in [0.1, 0.15) is 5.82 Å². The first kappa shape index (κ1) is 16.7. The van der Waals surface area contributed by atoms with Crippen LogP contribution in [0.5, 0.6) is 0 Å². The molecule has 0 bridgehead atoms. The van der Waals surface area contributed by atoms with Crippen LogP contribution in [0.1, 0.15) is 29.7 Å². The van der Waals surface area contributed by atoms with E-state index in [4.69, 9.17) is 0 Å². The Balaban J connectivity index is 2.03. The van der Waals surface area contributed by atoms with Gasteiger partial charge in [-0.2, -0.15) is 0 Å². The van der Waals surface area contributed by atoms with Crippen molar-refractivity contribution >= 4 is 15.9 Å². The van der Waals surface area contributed by atoms with Crippen LogP contribution in [-0.4, -0.2) is 43.9 Å². The Morgan fingerprint density at radius 2 is 1.73 bits per heavy atom. The van der Waals surface area contributed by atoms with Gasteiger partial charge >= 0.3 is 6.03 Å². The highest BCUT2D eigenvalue weighted by Crippen LogP contribution is 2.20. The lowest BCUT2D eigenvalue weighted by Crippen LogP contribution is -2.48. The number of amides is 2. The Bertz CT molecular complexity index is 651. The maximum absolute atomic E-state index is 13.6. The number of hydrogen-bond acceptors (Lipinski definition) is 3. The number of benzene rings is 1. The van der Waals surface area contributed by atoms with E-state index in [-0.39, 0.29) is 42.5 Å². The van der Waals surface area contributed by atoms with Gasteiger partial charge in [-0.05, 0) is 37.5 Å². The fourth-order valence-electron chi connectivity index (χ4n) is 2.50. The SMILES string of the molecule is Cc1cc([C@@H](C)NC(=O)N2CCS(=O)(=O)CC2)cc(C)c1F. The monoisotopic (exact) mass is 328 g/mol. The Hall–Kier alpha value is -1.63. The lowest BCUT2D eigenvalue weighted by molar-refractivity contribution is 0.199. The first-order valence-corrected chi connectivity index (χ1v) is 9.04. The largest absolute Gasteiger partial charge is 0.331 e. The van der Waals surface area contributed by atoms with Gasteiger partial charge in [-0.25, -0.2) is 17.6 Å². The van der Waals surface area contributed by atoms with E-state index in [2.05, 4.69) is 5.32 Å². The predicted octanol–water partition coefficient (Wildman–Crippen LogP) is 1.94. The minimum absolute atomic E-state index is 0.00354. The number of nitrogens with one attached hydrogen (secondary N) is 1. The van der Waals surface area contributed by atoms with Crippen LogP contribution in [0.2, 0.25) is 0 Å². The highest BCUT2D eigenvalue weighted by atomic mass is 32.2. The zero-order chi connectivity index (χ0) is 16.5.